The fraction of sp³-hybridized carbons (Fsp3) is 0.650. The predicted octanol–water partition coefficient (Wildman–Crippen LogP) is 3.48. The van der Waals surface area contributed by atoms with Gasteiger partial charge in [-0.3, -0.25) is 4.99 Å². The Morgan fingerprint density at radius 2 is 2.00 bits per heavy atom. The van der Waals surface area contributed by atoms with E-state index in [1.807, 2.05) is 18.8 Å². The molecule has 1 aliphatic rings. The van der Waals surface area contributed by atoms with Crippen LogP contribution in [0.2, 0.25) is 0 Å². The van der Waals surface area contributed by atoms with Gasteiger partial charge in [0.1, 0.15) is 0 Å². The lowest BCUT2D eigenvalue weighted by atomic mass is 10.1. The van der Waals surface area contributed by atoms with Crippen molar-refractivity contribution in [1.29, 1.82) is 0 Å². The molecule has 0 aromatic heterocycles. The van der Waals surface area contributed by atoms with Crippen molar-refractivity contribution in [1.82, 2.24) is 15.5 Å². The SMILES string of the molecule is CN=C(NCC1CCN(CCc2ccccc2)C1)NCC(C)(C)SC.I. The molecule has 0 bridgehead atoms. The maximum atomic E-state index is 4.35. The minimum absolute atomic E-state index is 0. The monoisotopic (exact) mass is 490 g/mol. The van der Waals surface area contributed by atoms with E-state index in [2.05, 4.69) is 71.0 Å². The molecule has 0 amide bonds. The average molecular weight is 490 g/mol. The summed E-state index contributed by atoms with van der Waals surface area (Å²) in [5.41, 5.74) is 1.44. The predicted molar refractivity (Wildman–Crippen MR) is 127 cm³/mol. The minimum Gasteiger partial charge on any atom is -0.356 e. The van der Waals surface area contributed by atoms with Crippen molar-refractivity contribution in [3.05, 3.63) is 35.9 Å². The molecule has 1 aromatic carbocycles. The molecule has 26 heavy (non-hydrogen) atoms. The van der Waals surface area contributed by atoms with E-state index in [0.717, 1.165) is 32.0 Å². The van der Waals surface area contributed by atoms with Crippen LogP contribution >= 0.6 is 35.7 Å². The Bertz CT molecular complexity index is 536. The molecule has 2 rings (SSSR count). The molecule has 0 saturated carbocycles. The summed E-state index contributed by atoms with van der Waals surface area (Å²) in [6.07, 6.45) is 4.57. The highest BCUT2D eigenvalue weighted by atomic mass is 127. The van der Waals surface area contributed by atoms with E-state index in [-0.39, 0.29) is 28.7 Å². The molecule has 1 aromatic rings. The second-order valence-electron chi connectivity index (χ2n) is 7.46. The van der Waals surface area contributed by atoms with Crippen LogP contribution in [-0.2, 0) is 6.42 Å². The van der Waals surface area contributed by atoms with Gasteiger partial charge in [-0.15, -0.1) is 24.0 Å². The summed E-state index contributed by atoms with van der Waals surface area (Å²) in [5.74, 6) is 1.63. The fourth-order valence-corrected chi connectivity index (χ4v) is 3.26. The third kappa shape index (κ3) is 8.48. The number of guanidine groups is 1. The van der Waals surface area contributed by atoms with Crippen LogP contribution in [0.3, 0.4) is 0 Å². The zero-order valence-corrected chi connectivity index (χ0v) is 19.8. The lowest BCUT2D eigenvalue weighted by Crippen LogP contribution is -2.44. The van der Waals surface area contributed by atoms with Crippen molar-refractivity contribution in [3.63, 3.8) is 0 Å². The Labute approximate surface area is 181 Å². The van der Waals surface area contributed by atoms with Crippen molar-refractivity contribution in [2.24, 2.45) is 10.9 Å². The highest BCUT2D eigenvalue weighted by Crippen LogP contribution is 2.19. The van der Waals surface area contributed by atoms with E-state index in [9.17, 15) is 0 Å². The van der Waals surface area contributed by atoms with Crippen LogP contribution in [0.25, 0.3) is 0 Å². The largest absolute Gasteiger partial charge is 0.356 e. The number of nitrogens with zero attached hydrogens (tertiary/aromatic N) is 2. The molecule has 148 valence electrons. The first kappa shape index (κ1) is 23.6. The lowest BCUT2D eigenvalue weighted by molar-refractivity contribution is 0.328. The van der Waals surface area contributed by atoms with Crippen LogP contribution in [0, 0.1) is 5.92 Å². The molecular weight excluding hydrogens is 455 g/mol. The van der Waals surface area contributed by atoms with Gasteiger partial charge >= 0.3 is 0 Å². The van der Waals surface area contributed by atoms with Crippen LogP contribution in [0.15, 0.2) is 35.3 Å². The quantitative estimate of drug-likeness (QED) is 0.333. The van der Waals surface area contributed by atoms with E-state index >= 15 is 0 Å². The van der Waals surface area contributed by atoms with E-state index < -0.39 is 0 Å². The minimum atomic E-state index is 0. The van der Waals surface area contributed by atoms with Gasteiger partial charge in [0, 0.05) is 38.0 Å². The van der Waals surface area contributed by atoms with Crippen LogP contribution in [0.1, 0.15) is 25.8 Å². The standard InChI is InChI=1S/C20H34N4S.HI/c1-20(2,25-4)16-23-19(21-3)22-14-18-11-13-24(15-18)12-10-17-8-6-5-7-9-17;/h5-9,18H,10-16H2,1-4H3,(H2,21,22,23);1H. The van der Waals surface area contributed by atoms with Crippen molar-refractivity contribution in [3.8, 4) is 0 Å². The van der Waals surface area contributed by atoms with Gasteiger partial charge in [0.15, 0.2) is 5.96 Å². The highest BCUT2D eigenvalue weighted by Gasteiger charge is 2.22. The Morgan fingerprint density at radius 3 is 2.65 bits per heavy atom. The normalized spacial score (nSPS) is 18.5. The Kier molecular flexibility index (Phi) is 11.0. The molecule has 0 aliphatic carbocycles. The zero-order valence-electron chi connectivity index (χ0n) is 16.6. The van der Waals surface area contributed by atoms with E-state index in [1.54, 1.807) is 0 Å². The smallest absolute Gasteiger partial charge is 0.191 e. The van der Waals surface area contributed by atoms with E-state index in [0.29, 0.717) is 5.92 Å². The third-order valence-electron chi connectivity index (χ3n) is 4.95. The number of nitrogens with one attached hydrogen (secondary N) is 2. The Hall–Kier alpha value is -0.470. The Balaban J connectivity index is 0.00000338. The average Bonchev–Trinajstić information content (AvgIpc) is 3.09. The van der Waals surface area contributed by atoms with Crippen molar-refractivity contribution in [2.45, 2.75) is 31.4 Å². The first-order valence-electron chi connectivity index (χ1n) is 9.28. The van der Waals surface area contributed by atoms with Gasteiger partial charge in [-0.2, -0.15) is 11.8 Å². The summed E-state index contributed by atoms with van der Waals surface area (Å²) < 4.78 is 0.221. The topological polar surface area (TPSA) is 39.7 Å². The summed E-state index contributed by atoms with van der Waals surface area (Å²) in [6, 6.07) is 10.8. The molecule has 1 saturated heterocycles. The van der Waals surface area contributed by atoms with Crippen LogP contribution in [0.5, 0.6) is 0 Å². The maximum Gasteiger partial charge on any atom is 0.191 e. The number of halogens is 1. The number of benzene rings is 1. The van der Waals surface area contributed by atoms with Gasteiger partial charge in [0.25, 0.3) is 0 Å². The number of hydrogen-bond acceptors (Lipinski definition) is 3. The van der Waals surface area contributed by atoms with Gasteiger partial charge in [0.05, 0.1) is 0 Å². The number of aliphatic imine (C=N–C) groups is 1. The van der Waals surface area contributed by atoms with Crippen molar-refractivity contribution >= 4 is 41.7 Å². The van der Waals surface area contributed by atoms with Gasteiger partial charge in [0.2, 0.25) is 0 Å². The molecule has 2 N–H and O–H groups in total. The van der Waals surface area contributed by atoms with Crippen LogP contribution in [-0.4, -0.2) is 61.6 Å². The molecule has 1 heterocycles. The molecule has 1 aliphatic heterocycles. The molecular formula is C20H35IN4S. The molecule has 4 nitrogen and oxygen atoms in total. The zero-order chi connectivity index (χ0) is 18.1. The van der Waals surface area contributed by atoms with Crippen LogP contribution < -0.4 is 10.6 Å². The third-order valence-corrected chi connectivity index (χ3v) is 6.19. The van der Waals surface area contributed by atoms with Crippen molar-refractivity contribution < 1.29 is 0 Å². The molecule has 1 unspecified atom stereocenters. The maximum absolute atomic E-state index is 4.35. The molecule has 0 spiro atoms. The highest BCUT2D eigenvalue weighted by molar-refractivity contribution is 14.0. The van der Waals surface area contributed by atoms with Gasteiger partial charge < -0.3 is 15.5 Å². The number of rotatable bonds is 8. The van der Waals surface area contributed by atoms with Gasteiger partial charge in [-0.05, 0) is 51.0 Å². The number of likely N-dealkylation sites (tertiary alicyclic amines) is 1. The number of thioether (sulfide) groups is 1. The first-order chi connectivity index (χ1) is 12.0. The van der Waals surface area contributed by atoms with E-state index in [1.165, 1.54) is 25.1 Å². The van der Waals surface area contributed by atoms with Gasteiger partial charge in [-0.25, -0.2) is 0 Å². The first-order valence-corrected chi connectivity index (χ1v) is 10.5. The summed E-state index contributed by atoms with van der Waals surface area (Å²) in [7, 11) is 1.85. The fourth-order valence-electron chi connectivity index (χ4n) is 3.04. The molecule has 0 radical (unpaired) electrons. The Morgan fingerprint density at radius 1 is 1.27 bits per heavy atom. The molecule has 1 atom stereocenters. The summed E-state index contributed by atoms with van der Waals surface area (Å²) >= 11 is 1.87. The summed E-state index contributed by atoms with van der Waals surface area (Å²) in [6.45, 7) is 9.98. The van der Waals surface area contributed by atoms with Gasteiger partial charge in [-0.1, -0.05) is 30.3 Å². The summed E-state index contributed by atoms with van der Waals surface area (Å²) in [5, 5.41) is 6.95. The summed E-state index contributed by atoms with van der Waals surface area (Å²) in [4.78, 5) is 6.94. The molecule has 1 fully saturated rings. The molecule has 6 heteroatoms. The lowest BCUT2D eigenvalue weighted by Gasteiger charge is -2.24. The number of hydrogen-bond donors (Lipinski definition) is 2. The van der Waals surface area contributed by atoms with Crippen molar-refractivity contribution in [2.75, 3.05) is 46.0 Å². The second kappa shape index (κ2) is 12.1. The second-order valence-corrected chi connectivity index (χ2v) is 8.97. The van der Waals surface area contributed by atoms with E-state index in [4.69, 9.17) is 0 Å². The van der Waals surface area contributed by atoms with Crippen LogP contribution in [0.4, 0.5) is 0 Å².